The zero-order chi connectivity index (χ0) is 37.0. The molecule has 0 N–H and O–H groups in total. The third-order valence-electron chi connectivity index (χ3n) is 10.8. The Morgan fingerprint density at radius 3 is 2.79 bits per heavy atom. The first kappa shape index (κ1) is 35.2. The van der Waals surface area contributed by atoms with Crippen LogP contribution < -0.4 is 9.64 Å². The van der Waals surface area contributed by atoms with Crippen molar-refractivity contribution < 1.29 is 22.7 Å². The molecule has 6 heterocycles. The Bertz CT molecular complexity index is 2270. The van der Waals surface area contributed by atoms with Crippen molar-refractivity contribution in [2.24, 2.45) is 0 Å². The van der Waals surface area contributed by atoms with Gasteiger partial charge in [-0.05, 0) is 63.2 Å². The molecule has 3 fully saturated rings. The lowest BCUT2D eigenvalue weighted by Crippen LogP contribution is -2.43. The maximum Gasteiger partial charge on any atom is 0.319 e. The van der Waals surface area contributed by atoms with Gasteiger partial charge in [-0.1, -0.05) is 35.9 Å². The zero-order valence-electron chi connectivity index (χ0n) is 29.6. The van der Waals surface area contributed by atoms with Gasteiger partial charge in [-0.3, -0.25) is 14.7 Å². The monoisotopic (exact) mass is 742 g/mol. The van der Waals surface area contributed by atoms with Crippen molar-refractivity contribution in [3.63, 3.8) is 0 Å². The topological polar surface area (TPSA) is 100 Å². The van der Waals surface area contributed by atoms with Crippen molar-refractivity contribution in [2.75, 3.05) is 44.7 Å². The molecule has 3 aliphatic heterocycles. The highest BCUT2D eigenvalue weighted by molar-refractivity contribution is 6.36. The van der Waals surface area contributed by atoms with Crippen LogP contribution in [0.2, 0.25) is 5.02 Å². The molecule has 3 aliphatic rings. The highest BCUT2D eigenvalue weighted by Gasteiger charge is 2.49. The van der Waals surface area contributed by atoms with Crippen LogP contribution in [0.4, 0.5) is 19.0 Å². The summed E-state index contributed by atoms with van der Waals surface area (Å²) >= 11 is 6.43. The van der Waals surface area contributed by atoms with Gasteiger partial charge >= 0.3 is 6.01 Å². The first-order valence-corrected chi connectivity index (χ1v) is 18.1. The third kappa shape index (κ3) is 6.54. The van der Waals surface area contributed by atoms with Crippen molar-refractivity contribution >= 4 is 51.1 Å². The fourth-order valence-corrected chi connectivity index (χ4v) is 8.50. The van der Waals surface area contributed by atoms with E-state index in [1.807, 2.05) is 24.9 Å². The summed E-state index contributed by atoms with van der Waals surface area (Å²) < 4.78 is 52.4. The Morgan fingerprint density at radius 2 is 1.96 bits per heavy atom. The standard InChI is InChI=1S/C39H38ClF3N8O2/c1-22-16-26(46-23(2)45-22)9-11-31(52)50-15-12-27(20-50)49(3)37-29-18-44-35(28-7-4-6-24-8-10-30(42)33(40)32(24)28)34(43)36(29)47-38(48-37)53-21-39-13-5-14-51(39)19-25(41)17-39/h4,6-11,16,18,25,27H,5,12-15,17,19-21H2,1-3H3/b11-9+/t25-,27-,39+/m1/s1. The first-order valence-electron chi connectivity index (χ1n) is 17.8. The fourth-order valence-electron chi connectivity index (χ4n) is 8.22. The minimum absolute atomic E-state index is 0.0359. The number of fused-ring (bicyclic) bond motifs is 3. The number of anilines is 1. The molecule has 8 rings (SSSR count). The molecule has 0 radical (unpaired) electrons. The lowest BCUT2D eigenvalue weighted by molar-refractivity contribution is -0.124. The quantitative estimate of drug-likeness (QED) is 0.158. The van der Waals surface area contributed by atoms with Crippen molar-refractivity contribution in [3.05, 3.63) is 82.5 Å². The number of pyridine rings is 1. The minimum Gasteiger partial charge on any atom is -0.461 e. The molecule has 3 atom stereocenters. The van der Waals surface area contributed by atoms with Gasteiger partial charge in [-0.2, -0.15) is 9.97 Å². The van der Waals surface area contributed by atoms with Gasteiger partial charge in [-0.25, -0.2) is 23.1 Å². The van der Waals surface area contributed by atoms with Crippen LogP contribution >= 0.6 is 11.6 Å². The van der Waals surface area contributed by atoms with Crippen LogP contribution in [0.1, 0.15) is 42.9 Å². The smallest absolute Gasteiger partial charge is 0.319 e. The summed E-state index contributed by atoms with van der Waals surface area (Å²) in [4.78, 5) is 41.6. The van der Waals surface area contributed by atoms with Crippen molar-refractivity contribution in [3.8, 4) is 17.3 Å². The maximum atomic E-state index is 16.9. The lowest BCUT2D eigenvalue weighted by atomic mass is 9.95. The molecule has 274 valence electrons. The highest BCUT2D eigenvalue weighted by Crippen LogP contribution is 2.42. The van der Waals surface area contributed by atoms with Gasteiger partial charge < -0.3 is 14.5 Å². The van der Waals surface area contributed by atoms with E-state index >= 15 is 4.39 Å². The summed E-state index contributed by atoms with van der Waals surface area (Å²) in [6, 6.07) is 9.59. The summed E-state index contributed by atoms with van der Waals surface area (Å²) in [6.07, 6.45) is 6.46. The third-order valence-corrected chi connectivity index (χ3v) is 11.2. The SMILES string of the molecule is Cc1cc(/C=C/C(=O)N2CC[C@@H](N(C)c3nc(OC[C@@]45CCCN4C[C@H](F)C5)nc4c(F)c(-c5cccc6ccc(F)c(Cl)c56)ncc34)C2)nc(C)n1. The van der Waals surface area contributed by atoms with Crippen molar-refractivity contribution in [1.29, 1.82) is 0 Å². The molecule has 0 spiro atoms. The first-order chi connectivity index (χ1) is 25.5. The lowest BCUT2D eigenvalue weighted by Gasteiger charge is -2.31. The minimum atomic E-state index is -0.946. The van der Waals surface area contributed by atoms with Crippen LogP contribution in [0.5, 0.6) is 6.01 Å². The Kier molecular flexibility index (Phi) is 9.18. The van der Waals surface area contributed by atoms with E-state index in [9.17, 15) is 13.6 Å². The van der Waals surface area contributed by atoms with E-state index in [2.05, 4.69) is 24.8 Å². The number of alkyl halides is 1. The van der Waals surface area contributed by atoms with E-state index in [1.165, 1.54) is 18.3 Å². The van der Waals surface area contributed by atoms with E-state index in [0.717, 1.165) is 25.1 Å². The van der Waals surface area contributed by atoms with E-state index in [4.69, 9.17) is 21.3 Å². The number of hydrogen-bond acceptors (Lipinski definition) is 9. The van der Waals surface area contributed by atoms with Crippen molar-refractivity contribution in [2.45, 2.75) is 57.3 Å². The second-order valence-corrected chi connectivity index (χ2v) is 14.7. The van der Waals surface area contributed by atoms with Crippen LogP contribution in [0.25, 0.3) is 39.0 Å². The molecular weight excluding hydrogens is 705 g/mol. The van der Waals surface area contributed by atoms with Crippen LogP contribution in [-0.2, 0) is 4.79 Å². The predicted octanol–water partition coefficient (Wildman–Crippen LogP) is 6.89. The number of nitrogens with zero attached hydrogens (tertiary/aromatic N) is 8. The number of halogens is 4. The van der Waals surface area contributed by atoms with Gasteiger partial charge in [0.1, 0.15) is 41.4 Å². The molecule has 5 aromatic rings. The summed E-state index contributed by atoms with van der Waals surface area (Å²) in [5, 5.41) is 1.16. The van der Waals surface area contributed by atoms with E-state index < -0.39 is 23.3 Å². The van der Waals surface area contributed by atoms with Gasteiger partial charge in [0, 0.05) is 68.1 Å². The molecule has 1 amide bonds. The fraction of sp³-hybridized carbons (Fsp3) is 0.385. The van der Waals surface area contributed by atoms with E-state index in [0.29, 0.717) is 71.5 Å². The summed E-state index contributed by atoms with van der Waals surface area (Å²) in [6.45, 7) is 5.89. The predicted molar refractivity (Wildman–Crippen MR) is 198 cm³/mol. The van der Waals surface area contributed by atoms with Gasteiger partial charge in [0.15, 0.2) is 5.82 Å². The number of amides is 1. The van der Waals surface area contributed by atoms with Gasteiger partial charge in [-0.15, -0.1) is 0 Å². The molecule has 14 heteroatoms. The number of carbonyl (C=O) groups excluding carboxylic acids is 1. The average Bonchev–Trinajstić information content (AvgIpc) is 3.85. The normalized spacial score (nSPS) is 21.7. The highest BCUT2D eigenvalue weighted by atomic mass is 35.5. The number of likely N-dealkylation sites (tertiary alicyclic amines) is 1. The molecule has 3 aromatic heterocycles. The van der Waals surface area contributed by atoms with Crippen LogP contribution in [0, 0.1) is 25.5 Å². The van der Waals surface area contributed by atoms with Gasteiger partial charge in [0.05, 0.1) is 21.6 Å². The van der Waals surface area contributed by atoms with Crippen LogP contribution in [0.15, 0.2) is 48.7 Å². The molecular formula is C39H38ClF3N8O2. The zero-order valence-corrected chi connectivity index (χ0v) is 30.4. The molecule has 10 nitrogen and oxygen atoms in total. The van der Waals surface area contributed by atoms with Gasteiger partial charge in [0.2, 0.25) is 5.91 Å². The molecule has 0 saturated carbocycles. The molecule has 53 heavy (non-hydrogen) atoms. The number of likely N-dealkylation sites (N-methyl/N-ethyl adjacent to an activating group) is 1. The Hall–Kier alpha value is -4.88. The Labute approximate surface area is 309 Å². The average molecular weight is 743 g/mol. The number of benzene rings is 2. The number of hydrogen-bond donors (Lipinski definition) is 0. The van der Waals surface area contributed by atoms with Gasteiger partial charge in [0.25, 0.3) is 0 Å². The number of aryl methyl sites for hydroxylation is 2. The molecule has 2 aromatic carbocycles. The molecule has 3 saturated heterocycles. The van der Waals surface area contributed by atoms with Crippen LogP contribution in [0.3, 0.4) is 0 Å². The number of ether oxygens (including phenoxy) is 1. The van der Waals surface area contributed by atoms with Crippen LogP contribution in [-0.4, -0.2) is 98.2 Å². The summed E-state index contributed by atoms with van der Waals surface area (Å²) in [5.74, 6) is -0.523. The van der Waals surface area contributed by atoms with E-state index in [1.54, 1.807) is 42.2 Å². The largest absolute Gasteiger partial charge is 0.461 e. The Balaban J connectivity index is 1.14. The Morgan fingerprint density at radius 1 is 1.11 bits per heavy atom. The summed E-state index contributed by atoms with van der Waals surface area (Å²) in [7, 11) is 1.84. The number of rotatable bonds is 8. The second-order valence-electron chi connectivity index (χ2n) is 14.3. The second kappa shape index (κ2) is 13.8. The molecule has 0 bridgehead atoms. The van der Waals surface area contributed by atoms with E-state index in [-0.39, 0.29) is 40.8 Å². The van der Waals surface area contributed by atoms with Crippen molar-refractivity contribution in [1.82, 2.24) is 34.7 Å². The molecule has 0 unspecified atom stereocenters. The molecule has 0 aliphatic carbocycles. The summed E-state index contributed by atoms with van der Waals surface area (Å²) in [5.41, 5.74) is 1.22. The maximum absolute atomic E-state index is 16.9. The number of aromatic nitrogens is 5. The number of carbonyl (C=O) groups is 1.